The number of hydrogen-bond acceptors (Lipinski definition) is 3. The molecule has 1 rings (SSSR count). The zero-order valence-corrected chi connectivity index (χ0v) is 11.9. The summed E-state index contributed by atoms with van der Waals surface area (Å²) in [6.07, 6.45) is 1.84. The number of benzene rings is 1. The van der Waals surface area contributed by atoms with Crippen molar-refractivity contribution in [3.05, 3.63) is 24.0 Å². The molecule has 0 radical (unpaired) electrons. The molecule has 0 aliphatic rings. The maximum atomic E-state index is 13.2. The maximum absolute atomic E-state index is 13.2. The molecule has 0 saturated carbocycles. The molecule has 1 aromatic rings. The number of nitrogens with one attached hydrogen (secondary N) is 1. The highest BCUT2D eigenvalue weighted by Gasteiger charge is 2.13. The summed E-state index contributed by atoms with van der Waals surface area (Å²) < 4.78 is 25.1. The molecule has 0 spiro atoms. The number of nitrogens with two attached hydrogens (primary N) is 1. The van der Waals surface area contributed by atoms with Crippen molar-refractivity contribution in [3.63, 3.8) is 0 Å². The van der Waals surface area contributed by atoms with Gasteiger partial charge in [-0.1, -0.05) is 13.3 Å². The number of carbonyl (C=O) groups is 1. The first kappa shape index (κ1) is 15.6. The molecule has 2 atom stereocenters. The van der Waals surface area contributed by atoms with Crippen molar-refractivity contribution in [1.82, 2.24) is 5.32 Å². The van der Waals surface area contributed by atoms with Crippen molar-refractivity contribution in [1.29, 1.82) is 0 Å². The van der Waals surface area contributed by atoms with E-state index in [1.54, 1.807) is 0 Å². The molecule has 4 nitrogen and oxygen atoms in total. The standard InChI is InChI=1S/C13H19FN2O2S/c1-3-4-9(2)16-13(17)8-19(18)10-5-6-12(15)11(14)7-10/h5-7,9H,3-4,8,15H2,1-2H3,(H,16,17). The van der Waals surface area contributed by atoms with Gasteiger partial charge in [-0.05, 0) is 31.5 Å². The molecule has 0 fully saturated rings. The highest BCUT2D eigenvalue weighted by atomic mass is 32.2. The smallest absolute Gasteiger partial charge is 0.233 e. The highest BCUT2D eigenvalue weighted by Crippen LogP contribution is 2.15. The lowest BCUT2D eigenvalue weighted by Crippen LogP contribution is -2.35. The summed E-state index contributed by atoms with van der Waals surface area (Å²) >= 11 is 0. The molecule has 0 aromatic heterocycles. The lowest BCUT2D eigenvalue weighted by atomic mass is 10.2. The third-order valence-electron chi connectivity index (χ3n) is 2.63. The SMILES string of the molecule is CCCC(C)NC(=O)CS(=O)c1ccc(N)c(F)c1. The molecule has 0 aliphatic carbocycles. The molecule has 6 heteroatoms. The lowest BCUT2D eigenvalue weighted by molar-refractivity contribution is -0.119. The molecule has 3 N–H and O–H groups in total. The Hall–Kier alpha value is -1.43. The van der Waals surface area contributed by atoms with Crippen molar-refractivity contribution in [2.45, 2.75) is 37.6 Å². The van der Waals surface area contributed by atoms with Gasteiger partial charge in [-0.15, -0.1) is 0 Å². The Morgan fingerprint density at radius 3 is 2.79 bits per heavy atom. The summed E-state index contributed by atoms with van der Waals surface area (Å²) in [7, 11) is -1.56. The van der Waals surface area contributed by atoms with Crippen LogP contribution in [0, 0.1) is 5.82 Å². The molecular weight excluding hydrogens is 267 g/mol. The average molecular weight is 286 g/mol. The number of carbonyl (C=O) groups excluding carboxylic acids is 1. The van der Waals surface area contributed by atoms with E-state index in [9.17, 15) is 13.4 Å². The Kier molecular flexibility index (Phi) is 5.95. The fraction of sp³-hybridized carbons (Fsp3) is 0.462. The Labute approximate surface area is 115 Å². The van der Waals surface area contributed by atoms with E-state index >= 15 is 0 Å². The molecule has 0 bridgehead atoms. The Morgan fingerprint density at radius 2 is 2.21 bits per heavy atom. The predicted octanol–water partition coefficient (Wildman–Crippen LogP) is 1.82. The first-order valence-corrected chi connectivity index (χ1v) is 7.48. The van der Waals surface area contributed by atoms with Gasteiger partial charge in [0.05, 0.1) is 16.5 Å². The topological polar surface area (TPSA) is 72.2 Å². The van der Waals surface area contributed by atoms with Crippen LogP contribution in [0.1, 0.15) is 26.7 Å². The summed E-state index contributed by atoms with van der Waals surface area (Å²) in [5.74, 6) is -1.08. The Bertz CT molecular complexity index is 480. The largest absolute Gasteiger partial charge is 0.396 e. The first-order valence-electron chi connectivity index (χ1n) is 6.16. The summed E-state index contributed by atoms with van der Waals surface area (Å²) in [5, 5.41) is 2.76. The van der Waals surface area contributed by atoms with Crippen LogP contribution < -0.4 is 11.1 Å². The van der Waals surface area contributed by atoms with Crippen LogP contribution in [-0.2, 0) is 15.6 Å². The maximum Gasteiger partial charge on any atom is 0.233 e. The zero-order chi connectivity index (χ0) is 14.4. The first-order chi connectivity index (χ1) is 8.93. The van der Waals surface area contributed by atoms with E-state index in [-0.39, 0.29) is 28.3 Å². The summed E-state index contributed by atoms with van der Waals surface area (Å²) in [5.41, 5.74) is 5.34. The van der Waals surface area contributed by atoms with Crippen molar-refractivity contribution >= 4 is 22.4 Å². The van der Waals surface area contributed by atoms with Gasteiger partial charge in [0, 0.05) is 10.9 Å². The van der Waals surface area contributed by atoms with Gasteiger partial charge in [0.2, 0.25) is 5.91 Å². The fourth-order valence-corrected chi connectivity index (χ4v) is 2.62. The van der Waals surface area contributed by atoms with E-state index in [0.717, 1.165) is 18.9 Å². The number of anilines is 1. The Morgan fingerprint density at radius 1 is 1.53 bits per heavy atom. The Balaban J connectivity index is 2.59. The van der Waals surface area contributed by atoms with Gasteiger partial charge in [0.15, 0.2) is 0 Å². The molecule has 106 valence electrons. The number of hydrogen-bond donors (Lipinski definition) is 2. The van der Waals surface area contributed by atoms with Crippen molar-refractivity contribution in [2.24, 2.45) is 0 Å². The van der Waals surface area contributed by atoms with Crippen LogP contribution in [0.2, 0.25) is 0 Å². The summed E-state index contributed by atoms with van der Waals surface area (Å²) in [6, 6.07) is 3.98. The van der Waals surface area contributed by atoms with Gasteiger partial charge in [-0.3, -0.25) is 9.00 Å². The molecule has 0 saturated heterocycles. The van der Waals surface area contributed by atoms with E-state index in [1.165, 1.54) is 12.1 Å². The summed E-state index contributed by atoms with van der Waals surface area (Å²) in [6.45, 7) is 3.92. The molecule has 0 aliphatic heterocycles. The number of amides is 1. The average Bonchev–Trinajstić information content (AvgIpc) is 2.32. The van der Waals surface area contributed by atoms with Gasteiger partial charge >= 0.3 is 0 Å². The number of halogens is 1. The molecule has 1 amide bonds. The van der Waals surface area contributed by atoms with Gasteiger partial charge in [0.25, 0.3) is 0 Å². The van der Waals surface area contributed by atoms with Gasteiger partial charge in [0.1, 0.15) is 11.6 Å². The van der Waals surface area contributed by atoms with Crippen LogP contribution in [0.25, 0.3) is 0 Å². The minimum absolute atomic E-state index is 0.00164. The second kappa shape index (κ2) is 7.23. The third-order valence-corrected chi connectivity index (χ3v) is 3.93. The van der Waals surface area contributed by atoms with Crippen LogP contribution in [0.3, 0.4) is 0 Å². The normalized spacial score (nSPS) is 13.8. The van der Waals surface area contributed by atoms with Crippen LogP contribution in [0.4, 0.5) is 10.1 Å². The quantitative estimate of drug-likeness (QED) is 0.784. The van der Waals surface area contributed by atoms with Gasteiger partial charge in [-0.2, -0.15) is 0 Å². The van der Waals surface area contributed by atoms with E-state index in [4.69, 9.17) is 5.73 Å². The molecule has 19 heavy (non-hydrogen) atoms. The minimum Gasteiger partial charge on any atom is -0.396 e. The third kappa shape index (κ3) is 4.98. The van der Waals surface area contributed by atoms with Crippen LogP contribution in [0.15, 0.2) is 23.1 Å². The van der Waals surface area contributed by atoms with E-state index in [0.29, 0.717) is 0 Å². The van der Waals surface area contributed by atoms with Crippen molar-refractivity contribution in [2.75, 3.05) is 11.5 Å². The number of rotatable bonds is 6. The van der Waals surface area contributed by atoms with E-state index in [1.807, 2.05) is 13.8 Å². The van der Waals surface area contributed by atoms with Crippen molar-refractivity contribution < 1.29 is 13.4 Å². The molecule has 2 unspecified atom stereocenters. The molecule has 0 heterocycles. The van der Waals surface area contributed by atoms with Gasteiger partial charge < -0.3 is 11.1 Å². The lowest BCUT2D eigenvalue weighted by Gasteiger charge is -2.12. The monoisotopic (exact) mass is 286 g/mol. The second-order valence-corrected chi connectivity index (χ2v) is 5.88. The second-order valence-electron chi connectivity index (χ2n) is 4.43. The summed E-state index contributed by atoms with van der Waals surface area (Å²) in [4.78, 5) is 11.9. The van der Waals surface area contributed by atoms with Crippen LogP contribution >= 0.6 is 0 Å². The number of nitrogen functional groups attached to an aromatic ring is 1. The zero-order valence-electron chi connectivity index (χ0n) is 11.1. The van der Waals surface area contributed by atoms with E-state index in [2.05, 4.69) is 5.32 Å². The highest BCUT2D eigenvalue weighted by molar-refractivity contribution is 7.85. The van der Waals surface area contributed by atoms with Crippen molar-refractivity contribution in [3.8, 4) is 0 Å². The van der Waals surface area contributed by atoms with E-state index < -0.39 is 16.6 Å². The van der Waals surface area contributed by atoms with Gasteiger partial charge in [-0.25, -0.2) is 4.39 Å². The fourth-order valence-electron chi connectivity index (χ4n) is 1.67. The van der Waals surface area contributed by atoms with Crippen LogP contribution in [0.5, 0.6) is 0 Å². The van der Waals surface area contributed by atoms with Crippen LogP contribution in [-0.4, -0.2) is 21.9 Å². The predicted molar refractivity (Wildman–Crippen MR) is 74.6 cm³/mol. The minimum atomic E-state index is -1.56. The molecular formula is C13H19FN2O2S. The molecule has 1 aromatic carbocycles.